The molecule has 2 aliphatic carbocycles. The van der Waals surface area contributed by atoms with Gasteiger partial charge in [-0.25, -0.2) is 0 Å². The number of amides is 1. The molecular formula is C17H31ClN2O. The van der Waals surface area contributed by atoms with Crippen molar-refractivity contribution in [3.05, 3.63) is 0 Å². The molecule has 1 heterocycles. The lowest BCUT2D eigenvalue weighted by Crippen LogP contribution is -2.43. The minimum atomic E-state index is 0. The summed E-state index contributed by atoms with van der Waals surface area (Å²) in [6.45, 7) is 6.92. The van der Waals surface area contributed by atoms with E-state index in [0.717, 1.165) is 19.5 Å². The number of carbonyl (C=O) groups excluding carboxylic acids is 1. The quantitative estimate of drug-likeness (QED) is 0.848. The maximum absolute atomic E-state index is 12.7. The molecule has 4 heteroatoms. The molecule has 122 valence electrons. The zero-order valence-corrected chi connectivity index (χ0v) is 14.6. The second-order valence-electron chi connectivity index (χ2n) is 8.21. The Kier molecular flexibility index (Phi) is 4.94. The number of nitrogens with one attached hydrogen (secondary N) is 1. The third-order valence-electron chi connectivity index (χ3n) is 6.29. The summed E-state index contributed by atoms with van der Waals surface area (Å²) in [5, 5.41) is 3.42. The number of rotatable bonds is 2. The summed E-state index contributed by atoms with van der Waals surface area (Å²) in [4.78, 5) is 14.9. The number of hydrogen-bond acceptors (Lipinski definition) is 2. The van der Waals surface area contributed by atoms with Crippen LogP contribution in [-0.2, 0) is 4.79 Å². The third kappa shape index (κ3) is 3.39. The van der Waals surface area contributed by atoms with Gasteiger partial charge in [0.1, 0.15) is 0 Å². The standard InChI is InChI=1S/C17H30N2O.ClH/c1-16(2)6-4-13(5-7-16)19(3)15(20)14-12-17(14)8-10-18-11-9-17;/h13-14,18H,4-12H2,1-3H3;1H. The molecule has 0 bridgehead atoms. The van der Waals surface area contributed by atoms with Crippen LogP contribution in [0.2, 0.25) is 0 Å². The summed E-state index contributed by atoms with van der Waals surface area (Å²) in [7, 11) is 2.05. The van der Waals surface area contributed by atoms with E-state index in [0.29, 0.717) is 28.7 Å². The summed E-state index contributed by atoms with van der Waals surface area (Å²) >= 11 is 0. The predicted octanol–water partition coefficient (Wildman–Crippen LogP) is 3.23. The molecule has 1 atom stereocenters. The van der Waals surface area contributed by atoms with E-state index in [2.05, 4.69) is 31.1 Å². The van der Waals surface area contributed by atoms with Crippen molar-refractivity contribution in [1.29, 1.82) is 0 Å². The Morgan fingerprint density at radius 1 is 1.10 bits per heavy atom. The highest BCUT2D eigenvalue weighted by Crippen LogP contribution is 2.59. The van der Waals surface area contributed by atoms with Crippen LogP contribution in [-0.4, -0.2) is 37.0 Å². The zero-order chi connectivity index (χ0) is 14.4. The number of carbonyl (C=O) groups is 1. The largest absolute Gasteiger partial charge is 0.343 e. The fourth-order valence-corrected chi connectivity index (χ4v) is 4.37. The maximum Gasteiger partial charge on any atom is 0.226 e. The minimum absolute atomic E-state index is 0. The summed E-state index contributed by atoms with van der Waals surface area (Å²) in [6, 6.07) is 0.495. The predicted molar refractivity (Wildman–Crippen MR) is 88.7 cm³/mol. The Hall–Kier alpha value is -0.280. The second kappa shape index (κ2) is 6.08. The molecular weight excluding hydrogens is 284 g/mol. The van der Waals surface area contributed by atoms with Crippen molar-refractivity contribution < 1.29 is 4.79 Å². The summed E-state index contributed by atoms with van der Waals surface area (Å²) in [6.07, 6.45) is 8.46. The number of piperidine rings is 1. The Labute approximate surface area is 135 Å². The van der Waals surface area contributed by atoms with Gasteiger partial charge in [-0.1, -0.05) is 13.8 Å². The van der Waals surface area contributed by atoms with Crippen LogP contribution in [0.15, 0.2) is 0 Å². The van der Waals surface area contributed by atoms with Gasteiger partial charge in [-0.2, -0.15) is 0 Å². The van der Waals surface area contributed by atoms with E-state index < -0.39 is 0 Å². The van der Waals surface area contributed by atoms with Crippen molar-refractivity contribution in [1.82, 2.24) is 10.2 Å². The molecule has 2 saturated carbocycles. The fraction of sp³-hybridized carbons (Fsp3) is 0.941. The number of halogens is 1. The molecule has 3 aliphatic rings. The average Bonchev–Trinajstić information content (AvgIpc) is 3.11. The molecule has 1 aliphatic heterocycles. The van der Waals surface area contributed by atoms with Gasteiger partial charge in [0.15, 0.2) is 0 Å². The van der Waals surface area contributed by atoms with Crippen molar-refractivity contribution >= 4 is 18.3 Å². The molecule has 1 unspecified atom stereocenters. The molecule has 3 nitrogen and oxygen atoms in total. The molecule has 1 saturated heterocycles. The van der Waals surface area contributed by atoms with Gasteiger partial charge in [-0.3, -0.25) is 4.79 Å². The van der Waals surface area contributed by atoms with Crippen molar-refractivity contribution in [2.24, 2.45) is 16.7 Å². The molecule has 3 rings (SSSR count). The van der Waals surface area contributed by atoms with E-state index in [9.17, 15) is 4.79 Å². The van der Waals surface area contributed by atoms with Gasteiger partial charge in [0.05, 0.1) is 0 Å². The van der Waals surface area contributed by atoms with Crippen LogP contribution in [0.5, 0.6) is 0 Å². The van der Waals surface area contributed by atoms with Crippen molar-refractivity contribution in [2.45, 2.75) is 64.8 Å². The fourth-order valence-electron chi connectivity index (χ4n) is 4.37. The van der Waals surface area contributed by atoms with Crippen LogP contribution in [0.25, 0.3) is 0 Å². The van der Waals surface area contributed by atoms with E-state index in [1.54, 1.807) is 0 Å². The van der Waals surface area contributed by atoms with Crippen molar-refractivity contribution in [3.8, 4) is 0 Å². The first-order valence-electron chi connectivity index (χ1n) is 8.41. The minimum Gasteiger partial charge on any atom is -0.343 e. The van der Waals surface area contributed by atoms with E-state index in [-0.39, 0.29) is 12.4 Å². The molecule has 3 fully saturated rings. The SMILES string of the molecule is CN(C(=O)C1CC12CCNCC2)C1CCC(C)(C)CC1.Cl. The van der Waals surface area contributed by atoms with Gasteiger partial charge in [-0.05, 0) is 68.9 Å². The summed E-state index contributed by atoms with van der Waals surface area (Å²) in [5.74, 6) is 0.779. The van der Waals surface area contributed by atoms with Crippen LogP contribution in [0.1, 0.15) is 58.8 Å². The average molecular weight is 315 g/mol. The van der Waals surface area contributed by atoms with Gasteiger partial charge in [0.2, 0.25) is 5.91 Å². The molecule has 1 spiro atoms. The van der Waals surface area contributed by atoms with Crippen molar-refractivity contribution in [3.63, 3.8) is 0 Å². The van der Waals surface area contributed by atoms with Gasteiger partial charge in [0.25, 0.3) is 0 Å². The first kappa shape index (κ1) is 17.1. The maximum atomic E-state index is 12.7. The monoisotopic (exact) mass is 314 g/mol. The number of nitrogens with zero attached hydrogens (tertiary/aromatic N) is 1. The highest BCUT2D eigenvalue weighted by Gasteiger charge is 2.58. The first-order valence-corrected chi connectivity index (χ1v) is 8.41. The van der Waals surface area contributed by atoms with Crippen molar-refractivity contribution in [2.75, 3.05) is 20.1 Å². The highest BCUT2D eigenvalue weighted by molar-refractivity contribution is 5.85. The van der Waals surface area contributed by atoms with Crippen LogP contribution >= 0.6 is 12.4 Å². The molecule has 1 N–H and O–H groups in total. The lowest BCUT2D eigenvalue weighted by molar-refractivity contribution is -0.135. The molecule has 0 radical (unpaired) electrons. The van der Waals surface area contributed by atoms with Gasteiger partial charge in [0, 0.05) is 19.0 Å². The van der Waals surface area contributed by atoms with E-state index in [1.807, 2.05) is 0 Å². The van der Waals surface area contributed by atoms with E-state index in [1.165, 1.54) is 38.5 Å². The van der Waals surface area contributed by atoms with E-state index in [4.69, 9.17) is 0 Å². The molecule has 0 aromatic rings. The van der Waals surface area contributed by atoms with Gasteiger partial charge >= 0.3 is 0 Å². The normalized spacial score (nSPS) is 30.5. The van der Waals surface area contributed by atoms with Crippen LogP contribution in [0.3, 0.4) is 0 Å². The van der Waals surface area contributed by atoms with Crippen LogP contribution in [0, 0.1) is 16.7 Å². The van der Waals surface area contributed by atoms with Crippen LogP contribution < -0.4 is 5.32 Å². The Morgan fingerprint density at radius 2 is 1.67 bits per heavy atom. The third-order valence-corrected chi connectivity index (χ3v) is 6.29. The summed E-state index contributed by atoms with van der Waals surface area (Å²) < 4.78 is 0. The second-order valence-corrected chi connectivity index (χ2v) is 8.21. The molecule has 21 heavy (non-hydrogen) atoms. The molecule has 1 amide bonds. The molecule has 0 aromatic heterocycles. The van der Waals surface area contributed by atoms with E-state index >= 15 is 0 Å². The lowest BCUT2D eigenvalue weighted by Gasteiger charge is -2.39. The molecule has 0 aromatic carbocycles. The first-order chi connectivity index (χ1) is 9.44. The van der Waals surface area contributed by atoms with Gasteiger partial charge in [-0.15, -0.1) is 12.4 Å². The zero-order valence-electron chi connectivity index (χ0n) is 13.8. The highest BCUT2D eigenvalue weighted by atomic mass is 35.5. The summed E-state index contributed by atoms with van der Waals surface area (Å²) in [5.41, 5.74) is 0.862. The topological polar surface area (TPSA) is 32.3 Å². The Bertz CT molecular complexity index is 380. The Balaban J connectivity index is 0.00000161. The van der Waals surface area contributed by atoms with Gasteiger partial charge < -0.3 is 10.2 Å². The number of hydrogen-bond donors (Lipinski definition) is 1. The Morgan fingerprint density at radius 3 is 2.24 bits per heavy atom. The smallest absolute Gasteiger partial charge is 0.226 e. The lowest BCUT2D eigenvalue weighted by atomic mass is 9.75. The van der Waals surface area contributed by atoms with Crippen LogP contribution in [0.4, 0.5) is 0 Å².